The fraction of sp³-hybridized carbons (Fsp3) is 0.769. The minimum atomic E-state index is 0.478. The van der Waals surface area contributed by atoms with Gasteiger partial charge < -0.3 is 15.2 Å². The number of imidazole rings is 1. The Bertz CT molecular complexity index is 398. The van der Waals surface area contributed by atoms with Gasteiger partial charge in [0.1, 0.15) is 0 Å². The Kier molecular flexibility index (Phi) is 3.37. The van der Waals surface area contributed by atoms with Crippen LogP contribution in [0.5, 0.6) is 0 Å². The van der Waals surface area contributed by atoms with Crippen molar-refractivity contribution in [1.29, 1.82) is 0 Å². The summed E-state index contributed by atoms with van der Waals surface area (Å²) in [6.45, 7) is 5.05. The van der Waals surface area contributed by atoms with E-state index in [-0.39, 0.29) is 0 Å². The maximum absolute atomic E-state index is 5.90. The van der Waals surface area contributed by atoms with Crippen LogP contribution in [0.1, 0.15) is 24.6 Å². The van der Waals surface area contributed by atoms with E-state index in [2.05, 4.69) is 26.4 Å². The first-order valence-electron chi connectivity index (χ1n) is 6.91. The van der Waals surface area contributed by atoms with Crippen LogP contribution in [0.15, 0.2) is 12.5 Å². The lowest BCUT2D eigenvalue weighted by atomic mass is 10.1. The van der Waals surface area contributed by atoms with Crippen molar-refractivity contribution in [2.24, 2.45) is 5.73 Å². The van der Waals surface area contributed by atoms with E-state index in [1.807, 2.05) is 12.5 Å². The second kappa shape index (κ2) is 4.99. The van der Waals surface area contributed by atoms with E-state index >= 15 is 0 Å². The molecule has 100 valence electrons. The number of aromatic nitrogens is 2. The highest BCUT2D eigenvalue weighted by molar-refractivity contribution is 5.04. The third-order valence-electron chi connectivity index (χ3n) is 4.13. The highest BCUT2D eigenvalue weighted by Crippen LogP contribution is 2.35. The molecule has 1 aromatic heterocycles. The van der Waals surface area contributed by atoms with Gasteiger partial charge in [-0.05, 0) is 19.9 Å². The summed E-state index contributed by atoms with van der Waals surface area (Å²) in [4.78, 5) is 9.19. The Labute approximate surface area is 109 Å². The summed E-state index contributed by atoms with van der Waals surface area (Å²) in [6, 6.07) is 1.19. The Hall–Kier alpha value is -0.910. The van der Waals surface area contributed by atoms with Gasteiger partial charge in [-0.15, -0.1) is 0 Å². The van der Waals surface area contributed by atoms with Crippen LogP contribution < -0.4 is 5.73 Å². The highest BCUT2D eigenvalue weighted by Gasteiger charge is 2.28. The predicted molar refractivity (Wildman–Crippen MR) is 71.2 cm³/mol. The molecule has 1 saturated carbocycles. The lowest BCUT2D eigenvalue weighted by molar-refractivity contribution is 0.0860. The topological polar surface area (TPSA) is 50.3 Å². The normalized spacial score (nSPS) is 26.7. The van der Waals surface area contributed by atoms with E-state index in [0.29, 0.717) is 12.1 Å². The van der Waals surface area contributed by atoms with Gasteiger partial charge in [0.2, 0.25) is 0 Å². The third kappa shape index (κ3) is 2.43. The Balaban J connectivity index is 1.68. The van der Waals surface area contributed by atoms with Crippen LogP contribution in [-0.2, 0) is 6.54 Å². The standard InChI is InChI=1S/C13H23N5/c1-16-4-5-17(12(6-14)8-16)9-13-7-15-10-18(13)11-2-3-11/h7,10-12H,2-6,8-9,14H2,1H3. The summed E-state index contributed by atoms with van der Waals surface area (Å²) in [5.41, 5.74) is 7.25. The van der Waals surface area contributed by atoms with Gasteiger partial charge in [0.05, 0.1) is 12.0 Å². The number of nitrogens with zero attached hydrogens (tertiary/aromatic N) is 4. The van der Waals surface area contributed by atoms with Gasteiger partial charge in [0, 0.05) is 51.0 Å². The van der Waals surface area contributed by atoms with Gasteiger partial charge in [-0.1, -0.05) is 0 Å². The quantitative estimate of drug-likeness (QED) is 0.833. The van der Waals surface area contributed by atoms with Crippen molar-refractivity contribution in [3.63, 3.8) is 0 Å². The zero-order valence-corrected chi connectivity index (χ0v) is 11.1. The molecule has 2 N–H and O–H groups in total. The fourth-order valence-electron chi connectivity index (χ4n) is 2.82. The van der Waals surface area contributed by atoms with Gasteiger partial charge in [-0.2, -0.15) is 0 Å². The van der Waals surface area contributed by atoms with Crippen molar-refractivity contribution in [3.8, 4) is 0 Å². The molecule has 0 bridgehead atoms. The van der Waals surface area contributed by atoms with Crippen molar-refractivity contribution in [2.75, 3.05) is 33.2 Å². The van der Waals surface area contributed by atoms with Gasteiger partial charge in [0.25, 0.3) is 0 Å². The summed E-state index contributed by atoms with van der Waals surface area (Å²) in [5, 5.41) is 0. The summed E-state index contributed by atoms with van der Waals surface area (Å²) in [7, 11) is 2.18. The number of likely N-dealkylation sites (N-methyl/N-ethyl adjacent to an activating group) is 1. The Morgan fingerprint density at radius 2 is 2.22 bits per heavy atom. The van der Waals surface area contributed by atoms with Gasteiger partial charge >= 0.3 is 0 Å². The lowest BCUT2D eigenvalue weighted by Crippen LogP contribution is -2.54. The molecule has 2 heterocycles. The lowest BCUT2D eigenvalue weighted by Gasteiger charge is -2.39. The molecule has 0 radical (unpaired) electrons. The zero-order valence-electron chi connectivity index (χ0n) is 11.1. The second-order valence-electron chi connectivity index (χ2n) is 5.65. The molecule has 1 aliphatic heterocycles. The molecule has 5 nitrogen and oxygen atoms in total. The average molecular weight is 249 g/mol. The molecule has 3 rings (SSSR count). The highest BCUT2D eigenvalue weighted by atomic mass is 15.3. The predicted octanol–water partition coefficient (Wildman–Crippen LogP) is 0.293. The zero-order chi connectivity index (χ0) is 12.5. The first-order valence-corrected chi connectivity index (χ1v) is 6.91. The van der Waals surface area contributed by atoms with Gasteiger partial charge in [-0.25, -0.2) is 4.98 Å². The minimum Gasteiger partial charge on any atom is -0.330 e. The number of piperazine rings is 1. The van der Waals surface area contributed by atoms with Crippen LogP contribution in [-0.4, -0.2) is 58.6 Å². The molecular weight excluding hydrogens is 226 g/mol. The largest absolute Gasteiger partial charge is 0.330 e. The summed E-state index contributed by atoms with van der Waals surface area (Å²) in [5.74, 6) is 0. The number of nitrogens with two attached hydrogens (primary N) is 1. The van der Waals surface area contributed by atoms with Crippen LogP contribution >= 0.6 is 0 Å². The molecule has 18 heavy (non-hydrogen) atoms. The van der Waals surface area contributed by atoms with Crippen molar-refractivity contribution < 1.29 is 0 Å². The van der Waals surface area contributed by atoms with Crippen molar-refractivity contribution >= 4 is 0 Å². The van der Waals surface area contributed by atoms with Crippen LogP contribution in [0.2, 0.25) is 0 Å². The smallest absolute Gasteiger partial charge is 0.0951 e. The van der Waals surface area contributed by atoms with E-state index in [9.17, 15) is 0 Å². The Morgan fingerprint density at radius 3 is 2.94 bits per heavy atom. The maximum atomic E-state index is 5.90. The number of hydrogen-bond acceptors (Lipinski definition) is 4. The molecule has 1 aliphatic carbocycles. The Morgan fingerprint density at radius 1 is 1.39 bits per heavy atom. The molecule has 0 spiro atoms. The number of rotatable bonds is 4. The monoisotopic (exact) mass is 249 g/mol. The van der Waals surface area contributed by atoms with Crippen LogP contribution in [0.3, 0.4) is 0 Å². The summed E-state index contributed by atoms with van der Waals surface area (Å²) >= 11 is 0. The molecule has 5 heteroatoms. The molecule has 1 unspecified atom stereocenters. The van der Waals surface area contributed by atoms with Crippen molar-refractivity contribution in [2.45, 2.75) is 31.5 Å². The average Bonchev–Trinajstić information content (AvgIpc) is 3.12. The molecule has 2 fully saturated rings. The molecule has 1 atom stereocenters. The van der Waals surface area contributed by atoms with E-state index in [1.165, 1.54) is 18.5 Å². The van der Waals surface area contributed by atoms with E-state index in [0.717, 1.165) is 32.7 Å². The summed E-state index contributed by atoms with van der Waals surface area (Å²) < 4.78 is 2.35. The molecule has 1 saturated heterocycles. The molecule has 0 amide bonds. The van der Waals surface area contributed by atoms with Crippen molar-refractivity contribution in [3.05, 3.63) is 18.2 Å². The second-order valence-corrected chi connectivity index (χ2v) is 5.65. The molecular formula is C13H23N5. The van der Waals surface area contributed by atoms with E-state index in [1.54, 1.807) is 0 Å². The van der Waals surface area contributed by atoms with Crippen LogP contribution in [0.4, 0.5) is 0 Å². The molecule has 2 aliphatic rings. The van der Waals surface area contributed by atoms with E-state index < -0.39 is 0 Å². The number of hydrogen-bond donors (Lipinski definition) is 1. The van der Waals surface area contributed by atoms with Gasteiger partial charge in [0.15, 0.2) is 0 Å². The molecule has 0 aromatic carbocycles. The first-order chi connectivity index (χ1) is 8.78. The minimum absolute atomic E-state index is 0.478. The van der Waals surface area contributed by atoms with Crippen LogP contribution in [0, 0.1) is 0 Å². The first kappa shape index (κ1) is 12.1. The third-order valence-corrected chi connectivity index (χ3v) is 4.13. The van der Waals surface area contributed by atoms with E-state index in [4.69, 9.17) is 5.73 Å². The molecule has 1 aromatic rings. The van der Waals surface area contributed by atoms with Crippen LogP contribution in [0.25, 0.3) is 0 Å². The fourth-order valence-corrected chi connectivity index (χ4v) is 2.82. The van der Waals surface area contributed by atoms with Crippen molar-refractivity contribution in [1.82, 2.24) is 19.4 Å². The summed E-state index contributed by atoms with van der Waals surface area (Å²) in [6.07, 6.45) is 6.63. The maximum Gasteiger partial charge on any atom is 0.0951 e. The van der Waals surface area contributed by atoms with Gasteiger partial charge in [-0.3, -0.25) is 4.90 Å². The SMILES string of the molecule is CN1CCN(Cc2cncn2C2CC2)C(CN)C1.